The van der Waals surface area contributed by atoms with Crippen LogP contribution in [0.1, 0.15) is 25.8 Å². The third-order valence-corrected chi connectivity index (χ3v) is 4.34. The van der Waals surface area contributed by atoms with Gasteiger partial charge in [0.25, 0.3) is 11.1 Å². The fourth-order valence-corrected chi connectivity index (χ4v) is 2.70. The van der Waals surface area contributed by atoms with Crippen molar-refractivity contribution in [3.8, 4) is 11.5 Å². The molecule has 1 aromatic rings. The Morgan fingerprint density at radius 2 is 2.05 bits per heavy atom. The third-order valence-electron chi connectivity index (χ3n) is 3.38. The lowest BCUT2D eigenvalue weighted by molar-refractivity contribution is -0.121. The minimum absolute atomic E-state index is 0.0938. The minimum atomic E-state index is -0.283. The molecular formula is C16H19NO4S. The van der Waals surface area contributed by atoms with E-state index in [-0.39, 0.29) is 17.3 Å². The molecule has 1 heterocycles. The second-order valence-electron chi connectivity index (χ2n) is 4.99. The number of carbonyl (C=O) groups is 2. The molecule has 6 heteroatoms. The van der Waals surface area contributed by atoms with Gasteiger partial charge in [0.2, 0.25) is 0 Å². The smallest absolute Gasteiger partial charge is 0.293 e. The molecule has 1 aliphatic heterocycles. The highest BCUT2D eigenvalue weighted by atomic mass is 32.2. The van der Waals surface area contributed by atoms with Crippen LogP contribution in [0.3, 0.4) is 0 Å². The Bertz CT molecular complexity index is 627. The van der Waals surface area contributed by atoms with Crippen molar-refractivity contribution in [3.63, 3.8) is 0 Å². The number of benzene rings is 1. The van der Waals surface area contributed by atoms with Crippen molar-refractivity contribution in [2.75, 3.05) is 14.2 Å². The van der Waals surface area contributed by atoms with E-state index in [2.05, 4.69) is 0 Å². The molecule has 0 spiro atoms. The molecule has 0 unspecified atom stereocenters. The number of amides is 2. The average Bonchev–Trinajstić information content (AvgIpc) is 2.75. The molecule has 1 atom stereocenters. The van der Waals surface area contributed by atoms with Crippen molar-refractivity contribution >= 4 is 29.0 Å². The van der Waals surface area contributed by atoms with Crippen LogP contribution in [-0.2, 0) is 4.79 Å². The molecule has 0 saturated carbocycles. The summed E-state index contributed by atoms with van der Waals surface area (Å²) >= 11 is 0.935. The predicted octanol–water partition coefficient (Wildman–Crippen LogP) is 3.54. The van der Waals surface area contributed by atoms with E-state index in [1.165, 1.54) is 7.05 Å². The van der Waals surface area contributed by atoms with Gasteiger partial charge in [0.05, 0.1) is 18.1 Å². The minimum Gasteiger partial charge on any atom is -0.493 e. The summed E-state index contributed by atoms with van der Waals surface area (Å²) in [5, 5.41) is -0.264. The fraction of sp³-hybridized carbons (Fsp3) is 0.375. The summed E-state index contributed by atoms with van der Waals surface area (Å²) in [6.07, 6.45) is 2.68. The lowest BCUT2D eigenvalue weighted by Gasteiger charge is -2.15. The van der Waals surface area contributed by atoms with Crippen LogP contribution in [0.2, 0.25) is 0 Å². The van der Waals surface area contributed by atoms with E-state index in [1.54, 1.807) is 19.3 Å². The normalized spacial score (nSPS) is 18.0. The van der Waals surface area contributed by atoms with Crippen molar-refractivity contribution in [1.82, 2.24) is 4.90 Å². The Morgan fingerprint density at radius 3 is 2.59 bits per heavy atom. The number of ether oxygens (including phenoxy) is 2. The van der Waals surface area contributed by atoms with Gasteiger partial charge in [-0.25, -0.2) is 0 Å². The summed E-state index contributed by atoms with van der Waals surface area (Å²) in [5.74, 6) is 0.983. The fourth-order valence-electron chi connectivity index (χ4n) is 1.87. The summed E-state index contributed by atoms with van der Waals surface area (Å²) in [6.45, 7) is 4.04. The molecule has 0 aliphatic carbocycles. The molecule has 2 amide bonds. The second kappa shape index (κ2) is 6.87. The molecule has 0 radical (unpaired) electrons. The third kappa shape index (κ3) is 3.44. The summed E-state index contributed by atoms with van der Waals surface area (Å²) < 4.78 is 11.1. The van der Waals surface area contributed by atoms with E-state index in [4.69, 9.17) is 9.47 Å². The Morgan fingerprint density at radius 1 is 1.32 bits per heavy atom. The van der Waals surface area contributed by atoms with Crippen molar-refractivity contribution < 1.29 is 19.1 Å². The van der Waals surface area contributed by atoms with E-state index >= 15 is 0 Å². The summed E-state index contributed by atoms with van der Waals surface area (Å²) in [6, 6.07) is 5.44. The number of imide groups is 1. The van der Waals surface area contributed by atoms with Gasteiger partial charge in [-0.3, -0.25) is 14.5 Å². The first kappa shape index (κ1) is 16.4. The van der Waals surface area contributed by atoms with Crippen LogP contribution in [0.25, 0.3) is 6.08 Å². The topological polar surface area (TPSA) is 55.8 Å². The molecule has 0 aromatic heterocycles. The molecule has 0 N–H and O–H groups in total. The molecule has 0 bridgehead atoms. The number of carbonyl (C=O) groups excluding carboxylic acids is 2. The number of nitrogens with zero attached hydrogens (tertiary/aromatic N) is 1. The highest BCUT2D eigenvalue weighted by Crippen LogP contribution is 2.34. The van der Waals surface area contributed by atoms with Crippen LogP contribution in [0.4, 0.5) is 4.79 Å². The van der Waals surface area contributed by atoms with Gasteiger partial charge in [-0.15, -0.1) is 0 Å². The van der Waals surface area contributed by atoms with Crippen molar-refractivity contribution in [3.05, 3.63) is 28.7 Å². The number of likely N-dealkylation sites (N-methyl/N-ethyl adjacent to an activating group) is 1. The molecule has 1 fully saturated rings. The van der Waals surface area contributed by atoms with E-state index in [9.17, 15) is 9.59 Å². The van der Waals surface area contributed by atoms with E-state index in [1.807, 2.05) is 26.0 Å². The predicted molar refractivity (Wildman–Crippen MR) is 87.1 cm³/mol. The lowest BCUT2D eigenvalue weighted by atomic mass is 10.1. The van der Waals surface area contributed by atoms with Crippen molar-refractivity contribution in [2.24, 2.45) is 0 Å². The van der Waals surface area contributed by atoms with Gasteiger partial charge >= 0.3 is 0 Å². The van der Waals surface area contributed by atoms with Crippen molar-refractivity contribution in [1.29, 1.82) is 0 Å². The molecule has 5 nitrogen and oxygen atoms in total. The van der Waals surface area contributed by atoms with Crippen LogP contribution in [0.15, 0.2) is 23.1 Å². The zero-order valence-corrected chi connectivity index (χ0v) is 13.9. The molecule has 1 aliphatic rings. The van der Waals surface area contributed by atoms with E-state index < -0.39 is 0 Å². The Balaban J connectivity index is 2.27. The molecular weight excluding hydrogens is 302 g/mol. The van der Waals surface area contributed by atoms with Gasteiger partial charge in [0, 0.05) is 7.05 Å². The number of methoxy groups -OCH3 is 1. The van der Waals surface area contributed by atoms with Crippen LogP contribution in [-0.4, -0.2) is 36.3 Å². The first-order chi connectivity index (χ1) is 10.5. The zero-order valence-electron chi connectivity index (χ0n) is 13.1. The second-order valence-corrected chi connectivity index (χ2v) is 5.98. The maximum absolute atomic E-state index is 11.9. The Labute approximate surface area is 134 Å². The van der Waals surface area contributed by atoms with E-state index in [0.717, 1.165) is 28.6 Å². The SMILES string of the molecule is CC[C@H](C)Oc1ccc(/C=C2\SC(=O)N(C)C2=O)cc1OC. The van der Waals surface area contributed by atoms with Gasteiger partial charge in [0.1, 0.15) is 0 Å². The van der Waals surface area contributed by atoms with Gasteiger partial charge in [-0.2, -0.15) is 0 Å². The van der Waals surface area contributed by atoms with Crippen LogP contribution < -0.4 is 9.47 Å². The maximum atomic E-state index is 11.9. The zero-order chi connectivity index (χ0) is 16.3. The largest absolute Gasteiger partial charge is 0.493 e. The van der Waals surface area contributed by atoms with Gasteiger partial charge in [-0.05, 0) is 48.9 Å². The van der Waals surface area contributed by atoms with Crippen molar-refractivity contribution in [2.45, 2.75) is 26.4 Å². The first-order valence-electron chi connectivity index (χ1n) is 7.02. The number of rotatable bonds is 5. The molecule has 22 heavy (non-hydrogen) atoms. The first-order valence-corrected chi connectivity index (χ1v) is 7.84. The lowest BCUT2D eigenvalue weighted by Crippen LogP contribution is -2.22. The summed E-state index contributed by atoms with van der Waals surface area (Å²) in [7, 11) is 3.05. The molecule has 1 aromatic carbocycles. The number of hydrogen-bond donors (Lipinski definition) is 0. The highest BCUT2D eigenvalue weighted by molar-refractivity contribution is 8.18. The standard InChI is InChI=1S/C16H19NO4S/c1-5-10(2)21-12-7-6-11(8-13(12)20-4)9-14-15(18)17(3)16(19)22-14/h6-10H,5H2,1-4H3/b14-9-/t10-/m0/s1. The number of thioether (sulfide) groups is 1. The van der Waals surface area contributed by atoms with Crippen LogP contribution in [0, 0.1) is 0 Å². The monoisotopic (exact) mass is 321 g/mol. The molecule has 118 valence electrons. The number of hydrogen-bond acceptors (Lipinski definition) is 5. The average molecular weight is 321 g/mol. The van der Waals surface area contributed by atoms with Gasteiger partial charge in [-0.1, -0.05) is 13.0 Å². The van der Waals surface area contributed by atoms with Crippen LogP contribution in [0.5, 0.6) is 11.5 Å². The quantitative estimate of drug-likeness (QED) is 0.776. The maximum Gasteiger partial charge on any atom is 0.293 e. The summed E-state index contributed by atoms with van der Waals surface area (Å²) in [5.41, 5.74) is 0.785. The Hall–Kier alpha value is -1.95. The highest BCUT2D eigenvalue weighted by Gasteiger charge is 2.31. The summed E-state index contributed by atoms with van der Waals surface area (Å²) in [4.78, 5) is 24.9. The molecule has 2 rings (SSSR count). The van der Waals surface area contributed by atoms with Crippen LogP contribution >= 0.6 is 11.8 Å². The molecule has 1 saturated heterocycles. The van der Waals surface area contributed by atoms with E-state index in [0.29, 0.717) is 16.4 Å². The Kier molecular flexibility index (Phi) is 5.13. The van der Waals surface area contributed by atoms with Gasteiger partial charge in [0.15, 0.2) is 11.5 Å². The van der Waals surface area contributed by atoms with Gasteiger partial charge < -0.3 is 9.47 Å².